The van der Waals surface area contributed by atoms with E-state index in [0.717, 1.165) is 11.3 Å². The second-order valence-corrected chi connectivity index (χ2v) is 5.84. The third kappa shape index (κ3) is 5.39. The lowest BCUT2D eigenvalue weighted by molar-refractivity contribution is -0.142. The number of esters is 1. The van der Waals surface area contributed by atoms with Gasteiger partial charge in [-0.2, -0.15) is 0 Å². The van der Waals surface area contributed by atoms with Crippen LogP contribution in [0.2, 0.25) is 0 Å². The molecule has 0 radical (unpaired) electrons. The highest BCUT2D eigenvalue weighted by atomic mass is 16.6. The summed E-state index contributed by atoms with van der Waals surface area (Å²) >= 11 is 0. The van der Waals surface area contributed by atoms with Crippen LogP contribution in [0.5, 0.6) is 23.0 Å². The smallest absolute Gasteiger partial charge is 0.343 e. The number of Topliss-reactive ketones (excluding diaryl/α,β-unsaturated/α-hetero) is 1. The Kier molecular flexibility index (Phi) is 7.68. The van der Waals surface area contributed by atoms with Crippen LogP contribution in [-0.2, 0) is 16.0 Å². The molecule has 7 nitrogen and oxygen atoms in total. The maximum atomic E-state index is 12.9. The third-order valence-electron chi connectivity index (χ3n) is 4.15. The van der Waals surface area contributed by atoms with E-state index in [-0.39, 0.29) is 30.1 Å². The Balaban J connectivity index is 2.23. The summed E-state index contributed by atoms with van der Waals surface area (Å²) in [5.41, 5.74) is 1.26. The summed E-state index contributed by atoms with van der Waals surface area (Å²) in [4.78, 5) is 24.3. The summed E-state index contributed by atoms with van der Waals surface area (Å²) in [5, 5.41) is 0. The van der Waals surface area contributed by atoms with Crippen LogP contribution >= 0.6 is 0 Å². The summed E-state index contributed by atoms with van der Waals surface area (Å²) in [6, 6.07) is 10.7. The zero-order valence-electron chi connectivity index (χ0n) is 16.4. The van der Waals surface area contributed by atoms with Gasteiger partial charge in [-0.25, -0.2) is 4.79 Å². The minimum atomic E-state index is -0.557. The third-order valence-corrected chi connectivity index (χ3v) is 4.15. The van der Waals surface area contributed by atoms with Crippen molar-refractivity contribution in [1.29, 1.82) is 0 Å². The highest BCUT2D eigenvalue weighted by Gasteiger charge is 2.21. The molecule has 0 aliphatic carbocycles. The second-order valence-electron chi connectivity index (χ2n) is 5.84. The van der Waals surface area contributed by atoms with E-state index in [9.17, 15) is 9.59 Å². The van der Waals surface area contributed by atoms with Crippen LogP contribution in [0, 0.1) is 0 Å². The van der Waals surface area contributed by atoms with Crippen LogP contribution < -0.4 is 18.9 Å². The molecule has 2 rings (SSSR count). The van der Waals surface area contributed by atoms with Crippen LogP contribution in [-0.4, -0.2) is 46.8 Å². The van der Waals surface area contributed by atoms with Gasteiger partial charge in [-0.3, -0.25) is 4.79 Å². The Labute approximate surface area is 164 Å². The molecule has 150 valence electrons. The van der Waals surface area contributed by atoms with Crippen LogP contribution in [0.15, 0.2) is 36.4 Å². The molecule has 0 saturated carbocycles. The standard InChI is InChI=1S/C21H24O7/c1-24-15-8-5-14(6-9-15)7-10-17(22)21-18(26-3)11-16(25-2)12-19(21)28-13-20(23)27-4/h5-6,8-9,11-12H,7,10,13H2,1-4H3. The van der Waals surface area contributed by atoms with E-state index in [1.165, 1.54) is 21.3 Å². The molecular weight excluding hydrogens is 364 g/mol. The quantitative estimate of drug-likeness (QED) is 0.457. The van der Waals surface area contributed by atoms with E-state index < -0.39 is 5.97 Å². The number of hydrogen-bond acceptors (Lipinski definition) is 7. The molecule has 0 unspecified atom stereocenters. The number of ketones is 1. The molecule has 0 aromatic heterocycles. The first-order valence-electron chi connectivity index (χ1n) is 8.64. The molecule has 2 aromatic carbocycles. The molecule has 0 fully saturated rings. The average Bonchev–Trinajstić information content (AvgIpc) is 2.75. The maximum absolute atomic E-state index is 12.9. The van der Waals surface area contributed by atoms with E-state index in [2.05, 4.69) is 4.74 Å². The van der Waals surface area contributed by atoms with Crippen molar-refractivity contribution >= 4 is 11.8 Å². The first-order chi connectivity index (χ1) is 13.5. The number of carbonyl (C=O) groups excluding carboxylic acids is 2. The van der Waals surface area contributed by atoms with Gasteiger partial charge in [0, 0.05) is 18.6 Å². The molecule has 0 atom stereocenters. The van der Waals surface area contributed by atoms with Crippen molar-refractivity contribution in [3.63, 3.8) is 0 Å². The first-order valence-corrected chi connectivity index (χ1v) is 8.64. The normalized spacial score (nSPS) is 10.1. The van der Waals surface area contributed by atoms with Gasteiger partial charge in [0.1, 0.15) is 28.6 Å². The fraction of sp³-hybridized carbons (Fsp3) is 0.333. The fourth-order valence-electron chi connectivity index (χ4n) is 2.60. The van der Waals surface area contributed by atoms with Crippen molar-refractivity contribution < 1.29 is 33.3 Å². The van der Waals surface area contributed by atoms with Crippen molar-refractivity contribution in [2.45, 2.75) is 12.8 Å². The molecule has 0 N–H and O–H groups in total. The molecule has 0 saturated heterocycles. The van der Waals surface area contributed by atoms with Gasteiger partial charge < -0.3 is 23.7 Å². The predicted molar refractivity (Wildman–Crippen MR) is 103 cm³/mol. The lowest BCUT2D eigenvalue weighted by Crippen LogP contribution is -2.15. The predicted octanol–water partition coefficient (Wildman–Crippen LogP) is 3.08. The summed E-state index contributed by atoms with van der Waals surface area (Å²) in [6.07, 6.45) is 0.776. The van der Waals surface area contributed by atoms with E-state index in [0.29, 0.717) is 17.9 Å². The van der Waals surface area contributed by atoms with E-state index in [1.807, 2.05) is 24.3 Å². The van der Waals surface area contributed by atoms with Crippen molar-refractivity contribution in [2.24, 2.45) is 0 Å². The van der Waals surface area contributed by atoms with Gasteiger partial charge in [0.25, 0.3) is 0 Å². The Bertz CT molecular complexity index is 812. The van der Waals surface area contributed by atoms with E-state index >= 15 is 0 Å². The number of benzene rings is 2. The van der Waals surface area contributed by atoms with Crippen molar-refractivity contribution in [1.82, 2.24) is 0 Å². The van der Waals surface area contributed by atoms with Crippen molar-refractivity contribution in [2.75, 3.05) is 35.0 Å². The van der Waals surface area contributed by atoms with Gasteiger partial charge in [0.05, 0.1) is 28.4 Å². The van der Waals surface area contributed by atoms with Crippen LogP contribution in [0.1, 0.15) is 22.3 Å². The number of methoxy groups -OCH3 is 4. The molecule has 2 aromatic rings. The Morgan fingerprint density at radius 3 is 2.04 bits per heavy atom. The minimum Gasteiger partial charge on any atom is -0.497 e. The number of aryl methyl sites for hydroxylation is 1. The largest absolute Gasteiger partial charge is 0.497 e. The highest BCUT2D eigenvalue weighted by molar-refractivity contribution is 6.01. The van der Waals surface area contributed by atoms with Gasteiger partial charge in [-0.1, -0.05) is 12.1 Å². The van der Waals surface area contributed by atoms with Crippen LogP contribution in [0.3, 0.4) is 0 Å². The van der Waals surface area contributed by atoms with Gasteiger partial charge >= 0.3 is 5.97 Å². The molecule has 0 aliphatic heterocycles. The van der Waals surface area contributed by atoms with E-state index in [4.69, 9.17) is 18.9 Å². The summed E-state index contributed by atoms with van der Waals surface area (Å²) in [5.74, 6) is 1.00. The van der Waals surface area contributed by atoms with Crippen LogP contribution in [0.25, 0.3) is 0 Å². The van der Waals surface area contributed by atoms with Crippen LogP contribution in [0.4, 0.5) is 0 Å². The lowest BCUT2D eigenvalue weighted by Gasteiger charge is -2.15. The SMILES string of the molecule is COC(=O)COc1cc(OC)cc(OC)c1C(=O)CCc1ccc(OC)cc1. The molecule has 7 heteroatoms. The summed E-state index contributed by atoms with van der Waals surface area (Å²) < 4.78 is 25.8. The Morgan fingerprint density at radius 1 is 0.821 bits per heavy atom. The first kappa shape index (κ1) is 21.1. The molecular formula is C21H24O7. The molecule has 0 heterocycles. The number of carbonyl (C=O) groups is 2. The van der Waals surface area contributed by atoms with Gasteiger partial charge in [-0.05, 0) is 24.1 Å². The molecule has 0 bridgehead atoms. The molecule has 28 heavy (non-hydrogen) atoms. The number of rotatable bonds is 10. The van der Waals surface area contributed by atoms with Gasteiger partial charge in [-0.15, -0.1) is 0 Å². The van der Waals surface area contributed by atoms with Gasteiger partial charge in [0.15, 0.2) is 12.4 Å². The molecule has 0 amide bonds. The van der Waals surface area contributed by atoms with Gasteiger partial charge in [0.2, 0.25) is 0 Å². The number of hydrogen-bond donors (Lipinski definition) is 0. The lowest BCUT2D eigenvalue weighted by atomic mass is 10.0. The minimum absolute atomic E-state index is 0.171. The highest BCUT2D eigenvalue weighted by Crippen LogP contribution is 2.35. The average molecular weight is 388 g/mol. The Morgan fingerprint density at radius 2 is 1.46 bits per heavy atom. The second kappa shape index (κ2) is 10.2. The zero-order chi connectivity index (χ0) is 20.5. The number of ether oxygens (including phenoxy) is 5. The molecule has 0 spiro atoms. The molecule has 0 aliphatic rings. The fourth-order valence-corrected chi connectivity index (χ4v) is 2.60. The topological polar surface area (TPSA) is 80.3 Å². The monoisotopic (exact) mass is 388 g/mol. The maximum Gasteiger partial charge on any atom is 0.343 e. The van der Waals surface area contributed by atoms with Crippen molar-refractivity contribution in [3.8, 4) is 23.0 Å². The summed E-state index contributed by atoms with van der Waals surface area (Å²) in [7, 11) is 5.81. The van der Waals surface area contributed by atoms with Crippen molar-refractivity contribution in [3.05, 3.63) is 47.5 Å². The summed E-state index contributed by atoms with van der Waals surface area (Å²) in [6.45, 7) is -0.328. The van der Waals surface area contributed by atoms with E-state index in [1.54, 1.807) is 19.2 Å². The zero-order valence-corrected chi connectivity index (χ0v) is 16.4. The Hall–Kier alpha value is -3.22.